The van der Waals surface area contributed by atoms with Gasteiger partial charge < -0.3 is 10.5 Å². The smallest absolute Gasteiger partial charge is 0.133 e. The van der Waals surface area contributed by atoms with E-state index in [1.54, 1.807) is 4.68 Å². The van der Waals surface area contributed by atoms with E-state index in [1.165, 1.54) is 0 Å². The SMILES string of the molecule is Cc1nn(C)c(Cl)c1COc1ccc(C(C)N)cc1. The van der Waals surface area contributed by atoms with E-state index in [9.17, 15) is 0 Å². The molecule has 1 aromatic carbocycles. The highest BCUT2D eigenvalue weighted by molar-refractivity contribution is 6.30. The maximum Gasteiger partial charge on any atom is 0.133 e. The van der Waals surface area contributed by atoms with E-state index in [0.29, 0.717) is 11.8 Å². The maximum atomic E-state index is 6.15. The van der Waals surface area contributed by atoms with Crippen LogP contribution in [-0.2, 0) is 13.7 Å². The zero-order chi connectivity index (χ0) is 14.0. The van der Waals surface area contributed by atoms with Crippen molar-refractivity contribution in [2.45, 2.75) is 26.5 Å². The summed E-state index contributed by atoms with van der Waals surface area (Å²) in [5.41, 5.74) is 8.69. The number of hydrogen-bond acceptors (Lipinski definition) is 3. The van der Waals surface area contributed by atoms with Crippen molar-refractivity contribution in [1.82, 2.24) is 9.78 Å². The lowest BCUT2D eigenvalue weighted by Gasteiger charge is -2.09. The number of benzene rings is 1. The van der Waals surface area contributed by atoms with Gasteiger partial charge in [-0.2, -0.15) is 5.10 Å². The third-order valence-electron chi connectivity index (χ3n) is 3.06. The molecular weight excluding hydrogens is 262 g/mol. The second-order valence-electron chi connectivity index (χ2n) is 4.62. The van der Waals surface area contributed by atoms with Crippen LogP contribution in [-0.4, -0.2) is 9.78 Å². The molecule has 2 aromatic rings. The third-order valence-corrected chi connectivity index (χ3v) is 3.53. The van der Waals surface area contributed by atoms with Gasteiger partial charge in [0.25, 0.3) is 0 Å². The van der Waals surface area contributed by atoms with Crippen LogP contribution in [0.15, 0.2) is 24.3 Å². The standard InChI is InChI=1S/C14H18ClN3O/c1-9(16)11-4-6-12(7-5-11)19-8-13-10(2)17-18(3)14(13)15/h4-7,9H,8,16H2,1-3H3. The Morgan fingerprint density at radius 3 is 2.47 bits per heavy atom. The molecule has 2 N–H and O–H groups in total. The highest BCUT2D eigenvalue weighted by Crippen LogP contribution is 2.22. The van der Waals surface area contributed by atoms with E-state index in [0.717, 1.165) is 22.6 Å². The predicted octanol–water partition coefficient (Wildman–Crippen LogP) is 2.98. The van der Waals surface area contributed by atoms with Gasteiger partial charge in [-0.3, -0.25) is 4.68 Å². The van der Waals surface area contributed by atoms with Crippen molar-refractivity contribution in [1.29, 1.82) is 0 Å². The monoisotopic (exact) mass is 279 g/mol. The van der Waals surface area contributed by atoms with Crippen LogP contribution in [0.25, 0.3) is 0 Å². The van der Waals surface area contributed by atoms with Gasteiger partial charge in [0, 0.05) is 18.7 Å². The first-order chi connectivity index (χ1) is 8.99. The molecule has 2 rings (SSSR count). The van der Waals surface area contributed by atoms with Crippen LogP contribution < -0.4 is 10.5 Å². The summed E-state index contributed by atoms with van der Waals surface area (Å²) in [5.74, 6) is 0.795. The fraction of sp³-hybridized carbons (Fsp3) is 0.357. The Bertz CT molecular complexity index is 561. The first-order valence-corrected chi connectivity index (χ1v) is 6.53. The number of nitrogens with zero attached hydrogens (tertiary/aromatic N) is 2. The average Bonchev–Trinajstić information content (AvgIpc) is 2.62. The number of rotatable bonds is 4. The second kappa shape index (κ2) is 5.63. The molecule has 0 saturated heterocycles. The predicted molar refractivity (Wildman–Crippen MR) is 76.3 cm³/mol. The molecule has 0 amide bonds. The quantitative estimate of drug-likeness (QED) is 0.936. The Kier molecular flexibility index (Phi) is 4.12. The van der Waals surface area contributed by atoms with Gasteiger partial charge in [0.1, 0.15) is 17.5 Å². The van der Waals surface area contributed by atoms with Crippen LogP contribution in [0.5, 0.6) is 5.75 Å². The molecular formula is C14H18ClN3O. The normalized spacial score (nSPS) is 12.5. The molecule has 0 aliphatic carbocycles. The molecule has 1 aromatic heterocycles. The molecule has 1 atom stereocenters. The van der Waals surface area contributed by atoms with Gasteiger partial charge in [0.2, 0.25) is 0 Å². The summed E-state index contributed by atoms with van der Waals surface area (Å²) < 4.78 is 7.37. The molecule has 0 bridgehead atoms. The van der Waals surface area contributed by atoms with E-state index in [-0.39, 0.29) is 6.04 Å². The minimum atomic E-state index is 0.0315. The molecule has 0 fully saturated rings. The summed E-state index contributed by atoms with van der Waals surface area (Å²) in [4.78, 5) is 0. The van der Waals surface area contributed by atoms with Crippen molar-refractivity contribution in [2.24, 2.45) is 12.8 Å². The van der Waals surface area contributed by atoms with Crippen LogP contribution in [0.2, 0.25) is 5.15 Å². The first kappa shape index (κ1) is 13.9. The fourth-order valence-electron chi connectivity index (χ4n) is 1.86. The van der Waals surface area contributed by atoms with Crippen LogP contribution in [0.4, 0.5) is 0 Å². The number of hydrogen-bond donors (Lipinski definition) is 1. The summed E-state index contributed by atoms with van der Waals surface area (Å²) >= 11 is 6.15. The van der Waals surface area contributed by atoms with Crippen LogP contribution >= 0.6 is 11.6 Å². The minimum Gasteiger partial charge on any atom is -0.489 e. The van der Waals surface area contributed by atoms with E-state index in [1.807, 2.05) is 45.2 Å². The molecule has 5 heteroatoms. The van der Waals surface area contributed by atoms with E-state index >= 15 is 0 Å². The molecule has 4 nitrogen and oxygen atoms in total. The number of aromatic nitrogens is 2. The Morgan fingerprint density at radius 1 is 1.37 bits per heavy atom. The number of aryl methyl sites for hydroxylation is 2. The van der Waals surface area contributed by atoms with Gasteiger partial charge in [0.15, 0.2) is 0 Å². The summed E-state index contributed by atoms with van der Waals surface area (Å²) in [6.45, 7) is 4.29. The van der Waals surface area contributed by atoms with Crippen LogP contribution in [0.3, 0.4) is 0 Å². The van der Waals surface area contributed by atoms with Crippen molar-refractivity contribution in [3.8, 4) is 5.75 Å². The van der Waals surface area contributed by atoms with E-state index < -0.39 is 0 Å². The van der Waals surface area contributed by atoms with Crippen molar-refractivity contribution in [2.75, 3.05) is 0 Å². The molecule has 1 heterocycles. The highest BCUT2D eigenvalue weighted by atomic mass is 35.5. The van der Waals surface area contributed by atoms with E-state index in [4.69, 9.17) is 22.1 Å². The fourth-order valence-corrected chi connectivity index (χ4v) is 2.09. The van der Waals surface area contributed by atoms with Crippen molar-refractivity contribution >= 4 is 11.6 Å². The lowest BCUT2D eigenvalue weighted by atomic mass is 10.1. The third kappa shape index (κ3) is 3.08. The zero-order valence-corrected chi connectivity index (χ0v) is 12.1. The molecule has 0 spiro atoms. The Morgan fingerprint density at radius 2 is 2.00 bits per heavy atom. The Hall–Kier alpha value is -1.52. The topological polar surface area (TPSA) is 53.1 Å². The second-order valence-corrected chi connectivity index (χ2v) is 4.98. The molecule has 1 unspecified atom stereocenters. The largest absolute Gasteiger partial charge is 0.489 e. The number of nitrogens with two attached hydrogens (primary N) is 1. The Balaban J connectivity index is 2.06. The lowest BCUT2D eigenvalue weighted by Crippen LogP contribution is -2.04. The van der Waals surface area contributed by atoms with Gasteiger partial charge in [-0.05, 0) is 31.5 Å². The summed E-state index contributed by atoms with van der Waals surface area (Å²) in [6, 6.07) is 7.80. The summed E-state index contributed by atoms with van der Waals surface area (Å²) in [6.07, 6.45) is 0. The molecule has 0 aliphatic heterocycles. The summed E-state index contributed by atoms with van der Waals surface area (Å²) in [5, 5.41) is 4.86. The zero-order valence-electron chi connectivity index (χ0n) is 11.4. The molecule has 19 heavy (non-hydrogen) atoms. The van der Waals surface area contributed by atoms with Crippen LogP contribution in [0, 0.1) is 6.92 Å². The van der Waals surface area contributed by atoms with Gasteiger partial charge in [0.05, 0.1) is 5.69 Å². The minimum absolute atomic E-state index is 0.0315. The molecule has 102 valence electrons. The molecule has 0 radical (unpaired) electrons. The van der Waals surface area contributed by atoms with Gasteiger partial charge in [-0.25, -0.2) is 0 Å². The van der Waals surface area contributed by atoms with E-state index in [2.05, 4.69) is 5.10 Å². The van der Waals surface area contributed by atoms with Crippen molar-refractivity contribution < 1.29 is 4.74 Å². The maximum absolute atomic E-state index is 6.15. The summed E-state index contributed by atoms with van der Waals surface area (Å²) in [7, 11) is 1.82. The van der Waals surface area contributed by atoms with Crippen molar-refractivity contribution in [3.05, 3.63) is 46.2 Å². The first-order valence-electron chi connectivity index (χ1n) is 6.15. The van der Waals surface area contributed by atoms with Gasteiger partial charge in [-0.15, -0.1) is 0 Å². The molecule has 0 saturated carbocycles. The van der Waals surface area contributed by atoms with Gasteiger partial charge in [-0.1, -0.05) is 23.7 Å². The lowest BCUT2D eigenvalue weighted by molar-refractivity contribution is 0.305. The highest BCUT2D eigenvalue weighted by Gasteiger charge is 2.11. The number of halogens is 1. The van der Waals surface area contributed by atoms with Gasteiger partial charge >= 0.3 is 0 Å². The van der Waals surface area contributed by atoms with Crippen LogP contribution in [0.1, 0.15) is 29.8 Å². The Labute approximate surface area is 118 Å². The number of ether oxygens (including phenoxy) is 1. The van der Waals surface area contributed by atoms with Crippen molar-refractivity contribution in [3.63, 3.8) is 0 Å². The molecule has 0 aliphatic rings. The average molecular weight is 280 g/mol.